The molecule has 4 heteroatoms. The van der Waals surface area contributed by atoms with Gasteiger partial charge in [0.25, 0.3) is 0 Å². The molecular formula is C14H25N3O. The van der Waals surface area contributed by atoms with Crippen molar-refractivity contribution in [2.75, 3.05) is 13.7 Å². The van der Waals surface area contributed by atoms with Crippen LogP contribution in [0.2, 0.25) is 0 Å². The molecule has 102 valence electrons. The van der Waals surface area contributed by atoms with Gasteiger partial charge in [0.15, 0.2) is 5.82 Å². The van der Waals surface area contributed by atoms with Gasteiger partial charge in [0, 0.05) is 18.8 Å². The first kappa shape index (κ1) is 15.1. The van der Waals surface area contributed by atoms with Crippen molar-refractivity contribution < 1.29 is 4.74 Å². The second-order valence-corrected chi connectivity index (χ2v) is 4.49. The maximum Gasteiger partial charge on any atom is 0.160 e. The van der Waals surface area contributed by atoms with Crippen LogP contribution < -0.4 is 5.32 Å². The van der Waals surface area contributed by atoms with E-state index in [-0.39, 0.29) is 5.60 Å². The Kier molecular flexibility index (Phi) is 5.69. The Hall–Kier alpha value is -1.00. The number of ether oxygens (including phenoxy) is 1. The predicted octanol–water partition coefficient (Wildman–Crippen LogP) is 2.56. The Morgan fingerprint density at radius 1 is 1.22 bits per heavy atom. The molecule has 1 heterocycles. The Morgan fingerprint density at radius 3 is 2.39 bits per heavy atom. The molecule has 1 aromatic heterocycles. The molecule has 0 saturated heterocycles. The summed E-state index contributed by atoms with van der Waals surface area (Å²) in [6, 6.07) is 2.02. The summed E-state index contributed by atoms with van der Waals surface area (Å²) in [4.78, 5) is 9.24. The minimum atomic E-state index is -0.344. The third-order valence-corrected chi connectivity index (χ3v) is 3.24. The molecule has 0 unspecified atom stereocenters. The van der Waals surface area contributed by atoms with Gasteiger partial charge in [0.2, 0.25) is 0 Å². The average molecular weight is 251 g/mol. The summed E-state index contributed by atoms with van der Waals surface area (Å²) in [6.07, 6.45) is 1.78. The van der Waals surface area contributed by atoms with Gasteiger partial charge in [-0.15, -0.1) is 0 Å². The quantitative estimate of drug-likeness (QED) is 0.809. The van der Waals surface area contributed by atoms with Crippen molar-refractivity contribution in [3.8, 4) is 0 Å². The normalized spacial score (nSPS) is 11.8. The minimum Gasteiger partial charge on any atom is -0.367 e. The fourth-order valence-corrected chi connectivity index (χ4v) is 2.22. The first-order valence-corrected chi connectivity index (χ1v) is 6.75. The number of aryl methyl sites for hydroxylation is 1. The molecule has 0 saturated carbocycles. The molecule has 1 N–H and O–H groups in total. The lowest BCUT2D eigenvalue weighted by molar-refractivity contribution is -0.0574. The highest BCUT2D eigenvalue weighted by molar-refractivity contribution is 5.14. The Labute approximate surface area is 110 Å². The van der Waals surface area contributed by atoms with E-state index in [2.05, 4.69) is 29.1 Å². The van der Waals surface area contributed by atoms with Crippen LogP contribution in [-0.4, -0.2) is 23.6 Å². The second kappa shape index (κ2) is 6.81. The SMILES string of the molecule is CCOC(CC)(CC)c1nc(C)cc(CNC)n1. The number of rotatable bonds is 7. The van der Waals surface area contributed by atoms with Gasteiger partial charge in [-0.3, -0.25) is 0 Å². The maximum atomic E-state index is 5.96. The van der Waals surface area contributed by atoms with E-state index in [1.54, 1.807) is 0 Å². The number of hydrogen-bond acceptors (Lipinski definition) is 4. The summed E-state index contributed by atoms with van der Waals surface area (Å²) in [7, 11) is 1.92. The standard InChI is InChI=1S/C14H25N3O/c1-6-14(7-2,18-8-3)13-16-11(4)9-12(17-13)10-15-5/h9,15H,6-8,10H2,1-5H3. The predicted molar refractivity (Wildman–Crippen MR) is 73.4 cm³/mol. The van der Waals surface area contributed by atoms with Crippen molar-refractivity contribution >= 4 is 0 Å². The molecule has 0 aliphatic heterocycles. The lowest BCUT2D eigenvalue weighted by atomic mass is 9.95. The zero-order valence-corrected chi connectivity index (χ0v) is 12.2. The highest BCUT2D eigenvalue weighted by Crippen LogP contribution is 2.30. The monoisotopic (exact) mass is 251 g/mol. The molecule has 1 aromatic rings. The number of nitrogens with zero attached hydrogens (tertiary/aromatic N) is 2. The molecule has 0 aliphatic carbocycles. The fourth-order valence-electron chi connectivity index (χ4n) is 2.22. The van der Waals surface area contributed by atoms with Crippen molar-refractivity contribution in [3.63, 3.8) is 0 Å². The van der Waals surface area contributed by atoms with E-state index in [0.29, 0.717) is 6.61 Å². The van der Waals surface area contributed by atoms with Crippen LogP contribution in [0.1, 0.15) is 50.8 Å². The van der Waals surface area contributed by atoms with E-state index in [1.165, 1.54) is 0 Å². The van der Waals surface area contributed by atoms with Gasteiger partial charge in [-0.25, -0.2) is 9.97 Å². The summed E-state index contributed by atoms with van der Waals surface area (Å²) in [6.45, 7) is 9.72. The lowest BCUT2D eigenvalue weighted by Gasteiger charge is -2.30. The maximum absolute atomic E-state index is 5.96. The van der Waals surface area contributed by atoms with E-state index in [4.69, 9.17) is 4.74 Å². The Morgan fingerprint density at radius 2 is 1.89 bits per heavy atom. The highest BCUT2D eigenvalue weighted by atomic mass is 16.5. The second-order valence-electron chi connectivity index (χ2n) is 4.49. The van der Waals surface area contributed by atoms with Crippen LogP contribution in [-0.2, 0) is 16.9 Å². The first-order valence-electron chi connectivity index (χ1n) is 6.75. The van der Waals surface area contributed by atoms with Crippen LogP contribution in [0, 0.1) is 6.92 Å². The topological polar surface area (TPSA) is 47.0 Å². The van der Waals surface area contributed by atoms with Gasteiger partial charge >= 0.3 is 0 Å². The van der Waals surface area contributed by atoms with Crippen LogP contribution in [0.5, 0.6) is 0 Å². The van der Waals surface area contributed by atoms with Crippen LogP contribution in [0.25, 0.3) is 0 Å². The van der Waals surface area contributed by atoms with Gasteiger partial charge < -0.3 is 10.1 Å². The summed E-state index contributed by atoms with van der Waals surface area (Å²) < 4.78 is 5.96. The van der Waals surface area contributed by atoms with Crippen molar-refractivity contribution in [3.05, 3.63) is 23.3 Å². The van der Waals surface area contributed by atoms with Crippen molar-refractivity contribution in [1.82, 2.24) is 15.3 Å². The van der Waals surface area contributed by atoms with Crippen LogP contribution in [0.15, 0.2) is 6.07 Å². The molecule has 0 fully saturated rings. The molecular weight excluding hydrogens is 226 g/mol. The van der Waals surface area contributed by atoms with Crippen molar-refractivity contribution in [1.29, 1.82) is 0 Å². The molecule has 0 radical (unpaired) electrons. The molecule has 1 rings (SSSR count). The van der Waals surface area contributed by atoms with Crippen LogP contribution >= 0.6 is 0 Å². The Bertz CT molecular complexity index is 375. The summed E-state index contributed by atoms with van der Waals surface area (Å²) in [5.41, 5.74) is 1.67. The van der Waals surface area contributed by atoms with Crippen molar-refractivity contribution in [2.24, 2.45) is 0 Å². The van der Waals surface area contributed by atoms with E-state index in [1.807, 2.05) is 27.0 Å². The average Bonchev–Trinajstić information content (AvgIpc) is 2.36. The zero-order valence-electron chi connectivity index (χ0n) is 12.2. The summed E-state index contributed by atoms with van der Waals surface area (Å²) in [5.74, 6) is 0.819. The molecule has 4 nitrogen and oxygen atoms in total. The molecule has 0 bridgehead atoms. The van der Waals surface area contributed by atoms with E-state index < -0.39 is 0 Å². The zero-order chi connectivity index (χ0) is 13.6. The third-order valence-electron chi connectivity index (χ3n) is 3.24. The lowest BCUT2D eigenvalue weighted by Crippen LogP contribution is -2.31. The summed E-state index contributed by atoms with van der Waals surface area (Å²) in [5, 5.41) is 3.13. The van der Waals surface area contributed by atoms with Gasteiger partial charge in [-0.1, -0.05) is 13.8 Å². The molecule has 0 atom stereocenters. The largest absolute Gasteiger partial charge is 0.367 e. The number of nitrogens with one attached hydrogen (secondary N) is 1. The van der Waals surface area contributed by atoms with Crippen LogP contribution in [0.3, 0.4) is 0 Å². The fraction of sp³-hybridized carbons (Fsp3) is 0.714. The van der Waals surface area contributed by atoms with Gasteiger partial charge in [-0.05, 0) is 39.8 Å². The van der Waals surface area contributed by atoms with Gasteiger partial charge in [0.1, 0.15) is 5.60 Å². The molecule has 0 aromatic carbocycles. The third kappa shape index (κ3) is 3.27. The Balaban J connectivity index is 3.18. The van der Waals surface area contributed by atoms with E-state index >= 15 is 0 Å². The van der Waals surface area contributed by atoms with Crippen LogP contribution in [0.4, 0.5) is 0 Å². The molecule has 0 aliphatic rings. The van der Waals surface area contributed by atoms with E-state index in [9.17, 15) is 0 Å². The van der Waals surface area contributed by atoms with E-state index in [0.717, 1.165) is 36.6 Å². The number of aromatic nitrogens is 2. The molecule has 0 spiro atoms. The smallest absolute Gasteiger partial charge is 0.160 e. The number of hydrogen-bond donors (Lipinski definition) is 1. The van der Waals surface area contributed by atoms with Gasteiger partial charge in [0.05, 0.1) is 5.69 Å². The molecule has 18 heavy (non-hydrogen) atoms. The minimum absolute atomic E-state index is 0.344. The van der Waals surface area contributed by atoms with Gasteiger partial charge in [-0.2, -0.15) is 0 Å². The summed E-state index contributed by atoms with van der Waals surface area (Å²) >= 11 is 0. The highest BCUT2D eigenvalue weighted by Gasteiger charge is 2.32. The van der Waals surface area contributed by atoms with Crippen molar-refractivity contribution in [2.45, 2.75) is 52.7 Å². The molecule has 0 amide bonds. The first-order chi connectivity index (χ1) is 8.61.